The first-order chi connectivity index (χ1) is 9.86. The van der Waals surface area contributed by atoms with Crippen molar-refractivity contribution in [2.24, 2.45) is 0 Å². The van der Waals surface area contributed by atoms with Crippen LogP contribution in [-0.2, 0) is 4.79 Å². The zero-order chi connectivity index (χ0) is 16.0. The largest absolute Gasteiger partial charge is 0.478 e. The molecule has 0 saturated carbocycles. The lowest BCUT2D eigenvalue weighted by molar-refractivity contribution is -0.384. The Bertz CT molecular complexity index is 576. The number of carbonyl (C=O) groups is 2. The van der Waals surface area contributed by atoms with Gasteiger partial charge >= 0.3 is 5.97 Å². The van der Waals surface area contributed by atoms with Crippen LogP contribution >= 0.6 is 0 Å². The second-order valence-corrected chi connectivity index (χ2v) is 4.11. The molecule has 0 radical (unpaired) electrons. The van der Waals surface area contributed by atoms with Crippen LogP contribution in [0, 0.1) is 15.9 Å². The molecule has 0 aromatic heterocycles. The fourth-order valence-corrected chi connectivity index (χ4v) is 1.52. The first kappa shape index (κ1) is 16.3. The number of rotatable bonds is 7. The molecular formula is C12H14FN3O5. The molecule has 1 aromatic carbocycles. The Labute approximate surface area is 119 Å². The highest BCUT2D eigenvalue weighted by atomic mass is 19.1. The van der Waals surface area contributed by atoms with E-state index in [1.54, 1.807) is 0 Å². The van der Waals surface area contributed by atoms with Gasteiger partial charge in [-0.05, 0) is 12.5 Å². The molecule has 0 aliphatic heterocycles. The minimum Gasteiger partial charge on any atom is -0.478 e. The molecule has 0 unspecified atom stereocenters. The Morgan fingerprint density at radius 1 is 1.43 bits per heavy atom. The van der Waals surface area contributed by atoms with Crippen molar-refractivity contribution in [3.8, 4) is 0 Å². The van der Waals surface area contributed by atoms with Crippen LogP contribution in [0.3, 0.4) is 0 Å². The fourth-order valence-electron chi connectivity index (χ4n) is 1.52. The Balaban J connectivity index is 2.98. The number of carbonyl (C=O) groups excluding carboxylic acids is 1. The molecule has 0 fully saturated rings. The number of nitro benzene ring substituents is 1. The van der Waals surface area contributed by atoms with Crippen LogP contribution in [0.25, 0.3) is 0 Å². The molecule has 8 nitrogen and oxygen atoms in total. The maximum atomic E-state index is 13.4. The van der Waals surface area contributed by atoms with E-state index in [2.05, 4.69) is 10.6 Å². The van der Waals surface area contributed by atoms with E-state index < -0.39 is 33.9 Å². The van der Waals surface area contributed by atoms with E-state index in [4.69, 9.17) is 5.11 Å². The molecule has 0 aliphatic rings. The summed E-state index contributed by atoms with van der Waals surface area (Å²) in [6.07, 6.45) is 0.728. The van der Waals surface area contributed by atoms with E-state index in [9.17, 15) is 24.1 Å². The number of carboxylic acids is 1. The van der Waals surface area contributed by atoms with Crippen LogP contribution in [0.2, 0.25) is 0 Å². The molecule has 21 heavy (non-hydrogen) atoms. The molecule has 0 bridgehead atoms. The van der Waals surface area contributed by atoms with Crippen LogP contribution in [0.1, 0.15) is 23.7 Å². The maximum Gasteiger partial charge on any atom is 0.338 e. The van der Waals surface area contributed by atoms with Gasteiger partial charge in [0.05, 0.1) is 23.1 Å². The number of amides is 1. The summed E-state index contributed by atoms with van der Waals surface area (Å²) in [6, 6.07) is 1.30. The van der Waals surface area contributed by atoms with Gasteiger partial charge in [-0.1, -0.05) is 6.92 Å². The van der Waals surface area contributed by atoms with Gasteiger partial charge in [-0.15, -0.1) is 0 Å². The smallest absolute Gasteiger partial charge is 0.338 e. The van der Waals surface area contributed by atoms with Gasteiger partial charge in [0.25, 0.3) is 5.69 Å². The maximum absolute atomic E-state index is 13.4. The van der Waals surface area contributed by atoms with Gasteiger partial charge in [0.2, 0.25) is 5.91 Å². The van der Waals surface area contributed by atoms with Crippen molar-refractivity contribution in [2.75, 3.05) is 18.4 Å². The van der Waals surface area contributed by atoms with Crippen molar-refractivity contribution < 1.29 is 24.0 Å². The van der Waals surface area contributed by atoms with Gasteiger partial charge in [0, 0.05) is 6.54 Å². The number of benzene rings is 1. The molecule has 1 amide bonds. The zero-order valence-electron chi connectivity index (χ0n) is 11.2. The Kier molecular flexibility index (Phi) is 5.58. The summed E-state index contributed by atoms with van der Waals surface area (Å²) in [7, 11) is 0. The summed E-state index contributed by atoms with van der Waals surface area (Å²) in [4.78, 5) is 32.2. The van der Waals surface area contributed by atoms with Crippen molar-refractivity contribution in [1.29, 1.82) is 0 Å². The summed E-state index contributed by atoms with van der Waals surface area (Å²) < 4.78 is 13.4. The number of aromatic carboxylic acids is 1. The number of hydrogen-bond acceptors (Lipinski definition) is 5. The van der Waals surface area contributed by atoms with Gasteiger partial charge < -0.3 is 15.7 Å². The van der Waals surface area contributed by atoms with E-state index in [1.165, 1.54) is 0 Å². The summed E-state index contributed by atoms with van der Waals surface area (Å²) in [5.41, 5.74) is -1.58. The van der Waals surface area contributed by atoms with Crippen LogP contribution in [-0.4, -0.2) is 35.0 Å². The van der Waals surface area contributed by atoms with Crippen molar-refractivity contribution >= 4 is 23.3 Å². The molecule has 0 saturated heterocycles. The third-order valence-electron chi connectivity index (χ3n) is 2.52. The number of nitro groups is 1. The van der Waals surface area contributed by atoms with E-state index >= 15 is 0 Å². The van der Waals surface area contributed by atoms with Crippen LogP contribution < -0.4 is 10.6 Å². The predicted molar refractivity (Wildman–Crippen MR) is 71.8 cm³/mol. The average Bonchev–Trinajstić information content (AvgIpc) is 2.42. The summed E-state index contributed by atoms with van der Waals surface area (Å²) in [6.45, 7) is 2.02. The molecule has 0 atom stereocenters. The first-order valence-electron chi connectivity index (χ1n) is 6.08. The molecule has 0 heterocycles. The van der Waals surface area contributed by atoms with E-state index in [-0.39, 0.29) is 12.2 Å². The highest BCUT2D eigenvalue weighted by molar-refractivity contribution is 5.91. The fraction of sp³-hybridized carbons (Fsp3) is 0.333. The summed E-state index contributed by atoms with van der Waals surface area (Å²) in [5, 5.41) is 24.6. The first-order valence-corrected chi connectivity index (χ1v) is 6.08. The van der Waals surface area contributed by atoms with Crippen molar-refractivity contribution in [2.45, 2.75) is 13.3 Å². The molecule has 9 heteroatoms. The highest BCUT2D eigenvalue weighted by Gasteiger charge is 2.21. The minimum atomic E-state index is -1.55. The normalized spacial score (nSPS) is 10.0. The lowest BCUT2D eigenvalue weighted by Gasteiger charge is -2.09. The van der Waals surface area contributed by atoms with Gasteiger partial charge in [-0.3, -0.25) is 14.9 Å². The Morgan fingerprint density at radius 2 is 2.10 bits per heavy atom. The molecule has 1 aromatic rings. The second-order valence-electron chi connectivity index (χ2n) is 4.11. The molecular weight excluding hydrogens is 285 g/mol. The standard InChI is InChI=1S/C12H14FN3O5/c1-2-3-14-11(17)6-15-9-4-7(12(18)19)8(13)5-10(9)16(20)21/h4-5,15H,2-3,6H2,1H3,(H,14,17)(H,18,19). The summed E-state index contributed by atoms with van der Waals surface area (Å²) >= 11 is 0. The van der Waals surface area contributed by atoms with Gasteiger partial charge in [-0.2, -0.15) is 0 Å². The van der Waals surface area contributed by atoms with Crippen molar-refractivity contribution in [3.63, 3.8) is 0 Å². The average molecular weight is 299 g/mol. The predicted octanol–water partition coefficient (Wildman–Crippen LogP) is 1.37. The van der Waals surface area contributed by atoms with Gasteiger partial charge in [-0.25, -0.2) is 9.18 Å². The highest BCUT2D eigenvalue weighted by Crippen LogP contribution is 2.27. The van der Waals surface area contributed by atoms with Gasteiger partial charge in [0.1, 0.15) is 11.5 Å². The lowest BCUT2D eigenvalue weighted by atomic mass is 10.1. The van der Waals surface area contributed by atoms with Crippen LogP contribution in [0.4, 0.5) is 15.8 Å². The monoisotopic (exact) mass is 299 g/mol. The minimum absolute atomic E-state index is 0.231. The molecule has 3 N–H and O–H groups in total. The third-order valence-corrected chi connectivity index (χ3v) is 2.52. The van der Waals surface area contributed by atoms with Crippen LogP contribution in [0.5, 0.6) is 0 Å². The third kappa shape index (κ3) is 4.41. The van der Waals surface area contributed by atoms with E-state index in [0.29, 0.717) is 12.6 Å². The Hall–Kier alpha value is -2.71. The zero-order valence-corrected chi connectivity index (χ0v) is 11.2. The molecule has 0 aliphatic carbocycles. The quantitative estimate of drug-likeness (QED) is 0.516. The molecule has 1 rings (SSSR count). The number of anilines is 1. The number of nitrogens with one attached hydrogen (secondary N) is 2. The number of hydrogen-bond donors (Lipinski definition) is 3. The SMILES string of the molecule is CCCNC(=O)CNc1cc(C(=O)O)c(F)cc1[N+](=O)[O-]. The molecule has 0 spiro atoms. The molecule has 114 valence electrons. The number of carboxylic acid groups (broad SMARTS) is 1. The second kappa shape index (κ2) is 7.17. The lowest BCUT2D eigenvalue weighted by Crippen LogP contribution is -2.30. The number of halogens is 1. The number of nitrogens with zero attached hydrogens (tertiary/aromatic N) is 1. The topological polar surface area (TPSA) is 122 Å². The van der Waals surface area contributed by atoms with Crippen molar-refractivity contribution in [1.82, 2.24) is 5.32 Å². The van der Waals surface area contributed by atoms with Gasteiger partial charge in [0.15, 0.2) is 0 Å². The van der Waals surface area contributed by atoms with E-state index in [0.717, 1.165) is 12.5 Å². The van der Waals surface area contributed by atoms with E-state index in [1.807, 2.05) is 6.92 Å². The Morgan fingerprint density at radius 3 is 2.62 bits per heavy atom. The van der Waals surface area contributed by atoms with Crippen LogP contribution in [0.15, 0.2) is 12.1 Å². The summed E-state index contributed by atoms with van der Waals surface area (Å²) in [5.74, 6) is -3.18. The van der Waals surface area contributed by atoms with Crippen molar-refractivity contribution in [3.05, 3.63) is 33.6 Å².